The van der Waals surface area contributed by atoms with E-state index >= 15 is 0 Å². The summed E-state index contributed by atoms with van der Waals surface area (Å²) in [6, 6.07) is 8.34. The second kappa shape index (κ2) is 10.7. The number of methoxy groups -OCH3 is 1. The predicted octanol–water partition coefficient (Wildman–Crippen LogP) is 1.61. The van der Waals surface area contributed by atoms with Gasteiger partial charge in [-0.1, -0.05) is 12.1 Å². The Kier molecular flexibility index (Phi) is 9.35. The molecule has 2 aliphatic heterocycles. The molecule has 0 spiro atoms. The smallest absolute Gasteiger partial charge is 0.221 e. The zero-order valence-electron chi connectivity index (χ0n) is 14.4. The number of morpholine rings is 1. The fourth-order valence-electron chi connectivity index (χ4n) is 3.25. The van der Waals surface area contributed by atoms with E-state index in [0.29, 0.717) is 13.0 Å². The Morgan fingerprint density at radius 2 is 2.20 bits per heavy atom. The van der Waals surface area contributed by atoms with Gasteiger partial charge in [0.1, 0.15) is 5.75 Å². The van der Waals surface area contributed by atoms with E-state index in [1.807, 2.05) is 18.2 Å². The molecule has 0 radical (unpaired) electrons. The summed E-state index contributed by atoms with van der Waals surface area (Å²) in [6.45, 7) is 3.92. The molecular formula is C17H27Cl2N3O3. The van der Waals surface area contributed by atoms with Crippen LogP contribution in [0.25, 0.3) is 0 Å². The van der Waals surface area contributed by atoms with Crippen LogP contribution >= 0.6 is 24.8 Å². The summed E-state index contributed by atoms with van der Waals surface area (Å²) >= 11 is 0. The highest BCUT2D eigenvalue weighted by Gasteiger charge is 2.26. The number of nitrogens with one attached hydrogen (secondary N) is 2. The van der Waals surface area contributed by atoms with Gasteiger partial charge in [-0.25, -0.2) is 0 Å². The summed E-state index contributed by atoms with van der Waals surface area (Å²) < 4.78 is 10.8. The van der Waals surface area contributed by atoms with Crippen molar-refractivity contribution in [3.05, 3.63) is 24.3 Å². The fraction of sp³-hybridized carbons (Fsp3) is 0.588. The number of carbonyl (C=O) groups is 1. The van der Waals surface area contributed by atoms with Crippen LogP contribution in [0, 0.1) is 0 Å². The Labute approximate surface area is 161 Å². The van der Waals surface area contributed by atoms with E-state index in [-0.39, 0.29) is 42.8 Å². The molecule has 1 aromatic carbocycles. The maximum Gasteiger partial charge on any atom is 0.221 e. The molecule has 2 fully saturated rings. The third-order valence-corrected chi connectivity index (χ3v) is 4.41. The number of hydrogen-bond donors (Lipinski definition) is 2. The summed E-state index contributed by atoms with van der Waals surface area (Å²) in [7, 11) is 1.69. The standard InChI is InChI=1S/C17H25N3O3.2ClH/c1-22-16-5-3-2-4-15(16)20-8-6-13(11-20)19-17(21)10-14-12-23-9-7-18-14;;/h2-5,13-14,18H,6-12H2,1H3,(H,19,21);2*1H. The molecule has 0 bridgehead atoms. The molecule has 2 unspecified atom stereocenters. The van der Waals surface area contributed by atoms with Crippen molar-refractivity contribution in [2.75, 3.05) is 44.9 Å². The van der Waals surface area contributed by atoms with Crippen LogP contribution in [-0.2, 0) is 9.53 Å². The van der Waals surface area contributed by atoms with E-state index in [1.54, 1.807) is 7.11 Å². The summed E-state index contributed by atoms with van der Waals surface area (Å²) in [6.07, 6.45) is 1.43. The Morgan fingerprint density at radius 3 is 2.92 bits per heavy atom. The molecule has 2 aliphatic rings. The number of nitrogens with zero attached hydrogens (tertiary/aromatic N) is 1. The summed E-state index contributed by atoms with van der Waals surface area (Å²) in [4.78, 5) is 14.5. The van der Waals surface area contributed by atoms with Crippen LogP contribution in [0.15, 0.2) is 24.3 Å². The quantitative estimate of drug-likeness (QED) is 0.798. The third-order valence-electron chi connectivity index (χ3n) is 4.41. The Hall–Kier alpha value is -1.21. The lowest BCUT2D eigenvalue weighted by molar-refractivity contribution is -0.122. The van der Waals surface area contributed by atoms with Crippen molar-refractivity contribution in [2.45, 2.75) is 24.9 Å². The lowest BCUT2D eigenvalue weighted by atomic mass is 10.1. The first-order chi connectivity index (χ1) is 11.3. The fourth-order valence-corrected chi connectivity index (χ4v) is 3.25. The van der Waals surface area contributed by atoms with Crippen molar-refractivity contribution in [3.8, 4) is 5.75 Å². The second-order valence-electron chi connectivity index (χ2n) is 6.10. The molecule has 2 saturated heterocycles. The topological polar surface area (TPSA) is 62.8 Å². The van der Waals surface area contributed by atoms with Crippen molar-refractivity contribution in [1.82, 2.24) is 10.6 Å². The van der Waals surface area contributed by atoms with Crippen molar-refractivity contribution < 1.29 is 14.3 Å². The van der Waals surface area contributed by atoms with Crippen LogP contribution in [0.3, 0.4) is 0 Å². The van der Waals surface area contributed by atoms with Crippen molar-refractivity contribution in [2.24, 2.45) is 0 Å². The van der Waals surface area contributed by atoms with Crippen LogP contribution in [-0.4, -0.2) is 57.9 Å². The summed E-state index contributed by atoms with van der Waals surface area (Å²) in [5.74, 6) is 0.975. The number of carbonyl (C=O) groups excluding carboxylic acids is 1. The first-order valence-corrected chi connectivity index (χ1v) is 8.24. The van der Waals surface area contributed by atoms with Gasteiger partial charge in [0, 0.05) is 38.1 Å². The lowest BCUT2D eigenvalue weighted by Crippen LogP contribution is -2.46. The van der Waals surface area contributed by atoms with Gasteiger partial charge in [-0.05, 0) is 18.6 Å². The molecule has 2 N–H and O–H groups in total. The van der Waals surface area contributed by atoms with Crippen molar-refractivity contribution in [1.29, 1.82) is 0 Å². The Balaban J connectivity index is 0.00000156. The normalized spacial score (nSPS) is 22.5. The van der Waals surface area contributed by atoms with Crippen molar-refractivity contribution in [3.63, 3.8) is 0 Å². The van der Waals surface area contributed by atoms with Gasteiger partial charge >= 0.3 is 0 Å². The minimum atomic E-state index is 0. The SMILES string of the molecule is COc1ccccc1N1CCC(NC(=O)CC2COCCN2)C1.Cl.Cl. The van der Waals surface area contributed by atoms with Gasteiger partial charge in [-0.3, -0.25) is 4.79 Å². The number of rotatable bonds is 5. The number of benzene rings is 1. The molecule has 2 atom stereocenters. The molecular weight excluding hydrogens is 365 g/mol. The van der Waals surface area contributed by atoms with E-state index in [1.165, 1.54) is 0 Å². The predicted molar refractivity (Wildman–Crippen MR) is 103 cm³/mol. The van der Waals surface area contributed by atoms with Gasteiger partial charge in [-0.2, -0.15) is 0 Å². The van der Waals surface area contributed by atoms with E-state index in [4.69, 9.17) is 9.47 Å². The van der Waals surface area contributed by atoms with Gasteiger partial charge in [0.15, 0.2) is 0 Å². The van der Waals surface area contributed by atoms with Crippen LogP contribution in [0.5, 0.6) is 5.75 Å². The Morgan fingerprint density at radius 1 is 1.40 bits per heavy atom. The highest BCUT2D eigenvalue weighted by Crippen LogP contribution is 2.30. The van der Waals surface area contributed by atoms with Gasteiger partial charge in [0.2, 0.25) is 5.91 Å². The molecule has 8 heteroatoms. The highest BCUT2D eigenvalue weighted by molar-refractivity contribution is 5.85. The average Bonchev–Trinajstić information content (AvgIpc) is 3.03. The largest absolute Gasteiger partial charge is 0.495 e. The van der Waals surface area contributed by atoms with E-state index < -0.39 is 0 Å². The number of ether oxygens (including phenoxy) is 2. The molecule has 1 aromatic rings. The van der Waals surface area contributed by atoms with Gasteiger partial charge in [0.25, 0.3) is 0 Å². The number of para-hydroxylation sites is 2. The average molecular weight is 392 g/mol. The highest BCUT2D eigenvalue weighted by atomic mass is 35.5. The molecule has 25 heavy (non-hydrogen) atoms. The minimum Gasteiger partial charge on any atom is -0.495 e. The molecule has 2 heterocycles. The molecule has 0 aliphatic carbocycles. The number of halogens is 2. The second-order valence-corrected chi connectivity index (χ2v) is 6.10. The lowest BCUT2D eigenvalue weighted by Gasteiger charge is -2.24. The first-order valence-electron chi connectivity index (χ1n) is 8.24. The van der Waals surface area contributed by atoms with Gasteiger partial charge in [-0.15, -0.1) is 24.8 Å². The maximum atomic E-state index is 12.2. The van der Waals surface area contributed by atoms with E-state index in [0.717, 1.165) is 44.1 Å². The first kappa shape index (κ1) is 21.8. The van der Waals surface area contributed by atoms with Crippen molar-refractivity contribution >= 4 is 36.4 Å². The van der Waals surface area contributed by atoms with Crippen LogP contribution in [0.2, 0.25) is 0 Å². The number of anilines is 1. The monoisotopic (exact) mass is 391 g/mol. The molecule has 0 saturated carbocycles. The third kappa shape index (κ3) is 5.92. The Bertz CT molecular complexity index is 542. The van der Waals surface area contributed by atoms with Gasteiger partial charge < -0.3 is 25.0 Å². The van der Waals surface area contributed by atoms with Crippen LogP contribution in [0.1, 0.15) is 12.8 Å². The molecule has 6 nitrogen and oxygen atoms in total. The van der Waals surface area contributed by atoms with E-state index in [2.05, 4.69) is 21.6 Å². The molecule has 142 valence electrons. The summed E-state index contributed by atoms with van der Waals surface area (Å²) in [5, 5.41) is 6.46. The number of amides is 1. The number of hydrogen-bond acceptors (Lipinski definition) is 5. The minimum absolute atomic E-state index is 0. The zero-order valence-corrected chi connectivity index (χ0v) is 16.0. The van der Waals surface area contributed by atoms with Crippen LogP contribution < -0.4 is 20.3 Å². The molecule has 1 amide bonds. The molecule has 0 aromatic heterocycles. The molecule has 3 rings (SSSR count). The zero-order chi connectivity index (χ0) is 16.1. The van der Waals surface area contributed by atoms with Gasteiger partial charge in [0.05, 0.1) is 26.0 Å². The van der Waals surface area contributed by atoms with Crippen LogP contribution in [0.4, 0.5) is 5.69 Å². The maximum absolute atomic E-state index is 12.2. The van der Waals surface area contributed by atoms with E-state index in [9.17, 15) is 4.79 Å². The summed E-state index contributed by atoms with van der Waals surface area (Å²) in [5.41, 5.74) is 1.09.